The van der Waals surface area contributed by atoms with Crippen LogP contribution in [0.3, 0.4) is 0 Å². The molecule has 0 saturated heterocycles. The lowest BCUT2D eigenvalue weighted by Crippen LogP contribution is -2.53. The minimum Gasteiger partial charge on any atom is -0.494 e. The predicted molar refractivity (Wildman–Crippen MR) is 232 cm³/mol. The maximum absolute atomic E-state index is 12.9. The van der Waals surface area contributed by atoms with Crippen molar-refractivity contribution in [1.82, 2.24) is 0 Å². The summed E-state index contributed by atoms with van der Waals surface area (Å²) in [6, 6.07) is 7.04. The zero-order chi connectivity index (χ0) is 41.2. The summed E-state index contributed by atoms with van der Waals surface area (Å²) < 4.78 is 21.2. The molecule has 0 heterocycles. The van der Waals surface area contributed by atoms with Gasteiger partial charge in [0.15, 0.2) is 11.5 Å². The summed E-state index contributed by atoms with van der Waals surface area (Å²) in [7, 11) is 5.62. The molecule has 2 aromatic rings. The second kappa shape index (κ2) is 18.3. The summed E-state index contributed by atoms with van der Waals surface area (Å²) in [6.45, 7) is 12.7. The van der Waals surface area contributed by atoms with Crippen LogP contribution in [0.1, 0.15) is 156 Å². The van der Waals surface area contributed by atoms with Crippen molar-refractivity contribution in [3.63, 3.8) is 0 Å². The smallest absolute Gasteiger partial charge is 0.341 e. The van der Waals surface area contributed by atoms with Crippen molar-refractivity contribution >= 4 is 40.7 Å². The number of carbonyl (C=O) groups is 2. The third-order valence-corrected chi connectivity index (χ3v) is 16.4. The topological polar surface area (TPSA) is 71.1 Å². The van der Waals surface area contributed by atoms with Crippen LogP contribution >= 0.6 is 23.2 Å². The highest BCUT2D eigenvalue weighted by Gasteiger charge is 2.60. The van der Waals surface area contributed by atoms with Gasteiger partial charge in [0.25, 0.3) is 0 Å². The van der Waals surface area contributed by atoms with Crippen LogP contribution < -0.4 is 9.47 Å². The Hall–Kier alpha value is -2.70. The fourth-order valence-electron chi connectivity index (χ4n) is 12.9. The van der Waals surface area contributed by atoms with Gasteiger partial charge in [-0.15, -0.1) is 0 Å². The summed E-state index contributed by atoms with van der Waals surface area (Å²) in [5, 5.41) is 0.562. The number of carbonyl (C=O) groups excluding carboxylic acids is 2. The Balaban J connectivity index is 1.20. The minimum absolute atomic E-state index is 0.218. The second-order valence-corrected chi connectivity index (χ2v) is 19.9. The van der Waals surface area contributed by atoms with Crippen LogP contribution in [0.15, 0.2) is 30.3 Å². The number of ether oxygens (including phenoxy) is 4. The third kappa shape index (κ3) is 8.66. The SMILES string of the molecule is COC(=O)c1cc(C(=CCC[C@H]2CC[C@@]3(C)[C@H](CC[C@@H]4[C@@H]3CC[C@]3(C)[C@@H]([C@H](C)CCCC(C)C)CC[C@@H]43)C2)c2cc(Cl)c(OC)c(C(=O)OC)c2)cc(Cl)c1OC. The lowest BCUT2D eigenvalue weighted by Gasteiger charge is -2.61. The highest BCUT2D eigenvalue weighted by atomic mass is 35.5. The van der Waals surface area contributed by atoms with Gasteiger partial charge in [0, 0.05) is 0 Å². The largest absolute Gasteiger partial charge is 0.494 e. The summed E-state index contributed by atoms with van der Waals surface area (Å²) >= 11 is 13.5. The number of fused-ring (bicyclic) bond motifs is 5. The Morgan fingerprint density at radius 1 is 0.754 bits per heavy atom. The zero-order valence-corrected chi connectivity index (χ0v) is 37.6. The quantitative estimate of drug-likeness (QED) is 0.177. The molecule has 0 radical (unpaired) electrons. The predicted octanol–water partition coefficient (Wildman–Crippen LogP) is 13.5. The van der Waals surface area contributed by atoms with Gasteiger partial charge in [-0.05, 0) is 170 Å². The van der Waals surface area contributed by atoms with Gasteiger partial charge in [-0.25, -0.2) is 9.59 Å². The van der Waals surface area contributed by atoms with E-state index in [1.165, 1.54) is 105 Å². The zero-order valence-electron chi connectivity index (χ0n) is 36.1. The summed E-state index contributed by atoms with van der Waals surface area (Å²) in [6.07, 6.45) is 20.7. The van der Waals surface area contributed by atoms with E-state index < -0.39 is 11.9 Å². The van der Waals surface area contributed by atoms with Crippen LogP contribution in [0.5, 0.6) is 11.5 Å². The fourth-order valence-corrected chi connectivity index (χ4v) is 13.5. The van der Waals surface area contributed by atoms with Crippen LogP contribution in [-0.4, -0.2) is 40.4 Å². The van der Waals surface area contributed by atoms with Gasteiger partial charge < -0.3 is 18.9 Å². The monoisotopic (exact) mass is 822 g/mol. The van der Waals surface area contributed by atoms with Crippen molar-refractivity contribution in [3.05, 3.63) is 62.6 Å². The molecule has 9 atom stereocenters. The molecular weight excluding hydrogens is 755 g/mol. The lowest BCUT2D eigenvalue weighted by atomic mass is 9.44. The number of halogens is 2. The van der Waals surface area contributed by atoms with Gasteiger partial charge in [0.05, 0.1) is 38.5 Å². The van der Waals surface area contributed by atoms with Crippen molar-refractivity contribution in [2.75, 3.05) is 28.4 Å². The maximum atomic E-state index is 12.9. The van der Waals surface area contributed by atoms with Crippen molar-refractivity contribution in [3.8, 4) is 11.5 Å². The van der Waals surface area contributed by atoms with Crippen molar-refractivity contribution < 1.29 is 28.5 Å². The molecule has 0 bridgehead atoms. The van der Waals surface area contributed by atoms with Gasteiger partial charge in [-0.1, -0.05) is 83.2 Å². The van der Waals surface area contributed by atoms with E-state index in [9.17, 15) is 9.59 Å². The van der Waals surface area contributed by atoms with Crippen LogP contribution in [0.25, 0.3) is 5.57 Å². The van der Waals surface area contributed by atoms with Crippen LogP contribution in [-0.2, 0) is 9.47 Å². The molecule has 4 saturated carbocycles. The molecule has 57 heavy (non-hydrogen) atoms. The van der Waals surface area contributed by atoms with Gasteiger partial charge in [-0.2, -0.15) is 0 Å². The second-order valence-electron chi connectivity index (χ2n) is 19.1. The van der Waals surface area contributed by atoms with E-state index in [2.05, 4.69) is 40.7 Å². The lowest BCUT2D eigenvalue weighted by molar-refractivity contribution is -0.121. The highest BCUT2D eigenvalue weighted by Crippen LogP contribution is 2.69. The van der Waals surface area contributed by atoms with Crippen LogP contribution in [0, 0.1) is 58.2 Å². The van der Waals surface area contributed by atoms with E-state index in [1.807, 2.05) is 0 Å². The first-order chi connectivity index (χ1) is 27.2. The molecule has 6 rings (SSSR count). The first kappa shape index (κ1) is 43.9. The molecule has 6 nitrogen and oxygen atoms in total. The first-order valence-electron chi connectivity index (χ1n) is 21.8. The van der Waals surface area contributed by atoms with Crippen molar-refractivity contribution in [2.24, 2.45) is 58.2 Å². The summed E-state index contributed by atoms with van der Waals surface area (Å²) in [5.41, 5.74) is 3.59. The summed E-state index contributed by atoms with van der Waals surface area (Å²) in [4.78, 5) is 25.8. The Morgan fingerprint density at radius 3 is 1.89 bits per heavy atom. The average molecular weight is 824 g/mol. The number of hydrogen-bond acceptors (Lipinski definition) is 6. The van der Waals surface area contributed by atoms with E-state index in [-0.39, 0.29) is 32.7 Å². The fraction of sp³-hybridized carbons (Fsp3) is 0.673. The molecule has 8 heteroatoms. The highest BCUT2D eigenvalue weighted by molar-refractivity contribution is 6.33. The molecule has 0 aliphatic heterocycles. The minimum atomic E-state index is -0.556. The van der Waals surface area contributed by atoms with E-state index >= 15 is 0 Å². The van der Waals surface area contributed by atoms with Gasteiger partial charge in [0.1, 0.15) is 11.1 Å². The molecule has 4 fully saturated rings. The van der Waals surface area contributed by atoms with E-state index in [0.29, 0.717) is 27.9 Å². The van der Waals surface area contributed by atoms with Crippen molar-refractivity contribution in [1.29, 1.82) is 0 Å². The molecule has 0 unspecified atom stereocenters. The number of benzene rings is 2. The van der Waals surface area contributed by atoms with Crippen molar-refractivity contribution in [2.45, 2.75) is 125 Å². The van der Waals surface area contributed by atoms with Gasteiger partial charge >= 0.3 is 11.9 Å². The average Bonchev–Trinajstić information content (AvgIpc) is 3.55. The van der Waals surface area contributed by atoms with Crippen LogP contribution in [0.4, 0.5) is 0 Å². The van der Waals surface area contributed by atoms with Gasteiger partial charge in [0.2, 0.25) is 0 Å². The number of esters is 2. The number of allylic oxidation sites excluding steroid dienone is 1. The standard InChI is InChI=1S/C49H68Cl2O6/c1-29(2)12-10-13-30(3)39-18-19-40-36-17-16-34-24-31(20-22-48(34,4)41(36)21-23-49(39,40)5)14-11-15-35(32-25-37(46(52)56-8)44(54-6)42(50)27-32)33-26-38(47(53)57-9)45(55-7)43(51)28-33/h15,25-31,34,36,39-41H,10-14,16-24H2,1-9H3/t30-,31+,34-,36+,39-,40+,41+,48+,49-/m1/s1. The van der Waals surface area contributed by atoms with E-state index in [1.54, 1.807) is 24.3 Å². The van der Waals surface area contributed by atoms with Crippen LogP contribution in [0.2, 0.25) is 10.0 Å². The molecule has 0 spiro atoms. The number of methoxy groups -OCH3 is 4. The molecule has 0 amide bonds. The molecule has 4 aliphatic carbocycles. The van der Waals surface area contributed by atoms with Gasteiger partial charge in [-0.3, -0.25) is 0 Å². The Morgan fingerprint density at radius 2 is 1.33 bits per heavy atom. The number of rotatable bonds is 14. The molecular formula is C49H68Cl2O6. The Bertz CT molecular complexity index is 1730. The normalized spacial score (nSPS) is 29.8. The molecule has 314 valence electrons. The third-order valence-electron chi connectivity index (χ3n) is 15.8. The Kier molecular flexibility index (Phi) is 14.1. The summed E-state index contributed by atoms with van der Waals surface area (Å²) in [5.74, 6) is 6.03. The molecule has 0 N–H and O–H groups in total. The Labute approximate surface area is 353 Å². The molecule has 2 aromatic carbocycles. The first-order valence-corrected chi connectivity index (χ1v) is 22.6. The van der Waals surface area contributed by atoms with E-state index in [0.717, 1.165) is 59.8 Å². The number of hydrogen-bond donors (Lipinski definition) is 0. The molecule has 0 aromatic heterocycles. The van der Waals surface area contributed by atoms with E-state index in [4.69, 9.17) is 42.1 Å². The maximum Gasteiger partial charge on any atom is 0.341 e. The molecule has 4 aliphatic rings.